The van der Waals surface area contributed by atoms with Crippen LogP contribution in [0, 0.1) is 13.8 Å². The molecular formula is C22H31N5O. The van der Waals surface area contributed by atoms with Crippen LogP contribution < -0.4 is 5.32 Å². The second-order valence-electron chi connectivity index (χ2n) is 8.23. The number of carbonyl (C=O) groups is 1. The molecule has 0 saturated carbocycles. The van der Waals surface area contributed by atoms with Crippen LogP contribution in [0.2, 0.25) is 0 Å². The Kier molecular flexibility index (Phi) is 5.51. The first-order chi connectivity index (χ1) is 13.5. The van der Waals surface area contributed by atoms with E-state index in [1.54, 1.807) is 0 Å². The minimum atomic E-state index is -0.0317. The third-order valence-corrected chi connectivity index (χ3v) is 6.04. The van der Waals surface area contributed by atoms with E-state index in [9.17, 15) is 4.79 Å². The Bertz CT molecular complexity index is 864. The lowest BCUT2D eigenvalue weighted by Crippen LogP contribution is -2.47. The number of rotatable bonds is 5. The third kappa shape index (κ3) is 3.84. The number of nitrogens with zero attached hydrogens (tertiary/aromatic N) is 4. The number of hydrogen-bond acceptors (Lipinski definition) is 4. The highest BCUT2D eigenvalue weighted by molar-refractivity contribution is 5.94. The summed E-state index contributed by atoms with van der Waals surface area (Å²) in [5, 5.41) is 7.86. The molecule has 1 aliphatic carbocycles. The molecule has 1 aromatic heterocycles. The second-order valence-corrected chi connectivity index (χ2v) is 8.23. The van der Waals surface area contributed by atoms with Gasteiger partial charge in [0.15, 0.2) is 5.69 Å². The van der Waals surface area contributed by atoms with Crippen LogP contribution in [0.25, 0.3) is 5.69 Å². The number of fused-ring (bicyclic) bond motifs is 1. The van der Waals surface area contributed by atoms with E-state index in [0.717, 1.165) is 63.2 Å². The van der Waals surface area contributed by atoms with Crippen molar-refractivity contribution >= 4 is 5.91 Å². The van der Waals surface area contributed by atoms with Gasteiger partial charge in [-0.15, -0.1) is 0 Å². The molecule has 1 saturated heterocycles. The predicted molar refractivity (Wildman–Crippen MR) is 111 cm³/mol. The van der Waals surface area contributed by atoms with E-state index in [1.165, 1.54) is 16.8 Å². The monoisotopic (exact) mass is 381 g/mol. The minimum Gasteiger partial charge on any atom is -0.349 e. The lowest BCUT2D eigenvalue weighted by Gasteiger charge is -2.32. The molecule has 0 bridgehead atoms. The van der Waals surface area contributed by atoms with Gasteiger partial charge in [0.2, 0.25) is 0 Å². The van der Waals surface area contributed by atoms with Crippen molar-refractivity contribution in [1.82, 2.24) is 24.9 Å². The van der Waals surface area contributed by atoms with Crippen LogP contribution in [-0.2, 0) is 12.8 Å². The van der Waals surface area contributed by atoms with Crippen LogP contribution >= 0.6 is 0 Å². The first-order valence-electron chi connectivity index (χ1n) is 10.4. The maximum absolute atomic E-state index is 12.9. The van der Waals surface area contributed by atoms with Crippen molar-refractivity contribution < 1.29 is 4.79 Å². The number of carbonyl (C=O) groups excluding carboxylic acids is 1. The normalized spacial score (nSPS) is 17.7. The molecule has 2 aromatic rings. The summed E-state index contributed by atoms with van der Waals surface area (Å²) in [6.45, 7) is 10.1. The fourth-order valence-electron chi connectivity index (χ4n) is 4.34. The van der Waals surface area contributed by atoms with Gasteiger partial charge in [-0.05, 0) is 51.8 Å². The maximum Gasteiger partial charge on any atom is 0.272 e. The number of amides is 1. The van der Waals surface area contributed by atoms with Crippen LogP contribution in [-0.4, -0.2) is 71.8 Å². The van der Waals surface area contributed by atoms with E-state index in [1.807, 2.05) is 4.68 Å². The highest BCUT2D eigenvalue weighted by atomic mass is 16.2. The Morgan fingerprint density at radius 2 is 1.93 bits per heavy atom. The smallest absolute Gasteiger partial charge is 0.272 e. The lowest BCUT2D eigenvalue weighted by atomic mass is 10.1. The Balaban J connectivity index is 1.47. The van der Waals surface area contributed by atoms with Crippen molar-refractivity contribution in [2.45, 2.75) is 33.1 Å². The molecule has 150 valence electrons. The lowest BCUT2D eigenvalue weighted by molar-refractivity contribution is 0.0934. The second kappa shape index (κ2) is 8.05. The van der Waals surface area contributed by atoms with Gasteiger partial charge in [0.05, 0.1) is 5.69 Å². The summed E-state index contributed by atoms with van der Waals surface area (Å²) < 4.78 is 2.01. The molecule has 1 aromatic carbocycles. The SMILES string of the molecule is Cc1ccc(-n2nc(C(=O)NCCN3CCN(C)CC3)c3c2CCC3)c(C)c1. The van der Waals surface area contributed by atoms with Crippen molar-refractivity contribution in [3.05, 3.63) is 46.3 Å². The van der Waals surface area contributed by atoms with Crippen molar-refractivity contribution in [3.63, 3.8) is 0 Å². The average Bonchev–Trinajstić information content (AvgIpc) is 3.26. The molecule has 2 aliphatic rings. The van der Waals surface area contributed by atoms with Crippen molar-refractivity contribution in [2.75, 3.05) is 46.3 Å². The zero-order chi connectivity index (χ0) is 19.7. The Labute approximate surface area is 167 Å². The fraction of sp³-hybridized carbons (Fsp3) is 0.545. The van der Waals surface area contributed by atoms with Gasteiger partial charge in [-0.3, -0.25) is 9.69 Å². The van der Waals surface area contributed by atoms with Crippen molar-refractivity contribution in [3.8, 4) is 5.69 Å². The van der Waals surface area contributed by atoms with E-state index in [2.05, 4.69) is 54.2 Å². The van der Waals surface area contributed by atoms with Crippen LogP contribution in [0.4, 0.5) is 0 Å². The van der Waals surface area contributed by atoms with Crippen molar-refractivity contribution in [2.24, 2.45) is 0 Å². The topological polar surface area (TPSA) is 53.4 Å². The zero-order valence-electron chi connectivity index (χ0n) is 17.3. The van der Waals surface area contributed by atoms with Gasteiger partial charge in [0, 0.05) is 50.5 Å². The molecule has 1 amide bonds. The standard InChI is InChI=1S/C22H31N5O/c1-16-7-8-19(17(2)15-16)27-20-6-4-5-18(20)21(24-27)22(28)23-9-10-26-13-11-25(3)12-14-26/h7-8,15H,4-6,9-14H2,1-3H3,(H,23,28). The summed E-state index contributed by atoms with van der Waals surface area (Å²) in [6, 6.07) is 6.40. The molecule has 4 rings (SSSR count). The fourth-order valence-corrected chi connectivity index (χ4v) is 4.34. The average molecular weight is 382 g/mol. The Hall–Kier alpha value is -2.18. The Morgan fingerprint density at radius 3 is 2.68 bits per heavy atom. The van der Waals surface area contributed by atoms with Gasteiger partial charge in [0.1, 0.15) is 0 Å². The molecular weight excluding hydrogens is 350 g/mol. The number of likely N-dealkylation sites (N-methyl/N-ethyl adjacent to an activating group) is 1. The molecule has 1 N–H and O–H groups in total. The highest BCUT2D eigenvalue weighted by Crippen LogP contribution is 2.29. The first kappa shape index (κ1) is 19.2. The molecule has 2 heterocycles. The van der Waals surface area contributed by atoms with E-state index >= 15 is 0 Å². The molecule has 6 heteroatoms. The number of aromatic nitrogens is 2. The number of benzene rings is 1. The number of piperazine rings is 1. The minimum absolute atomic E-state index is 0.0317. The Morgan fingerprint density at radius 1 is 1.14 bits per heavy atom. The van der Waals surface area contributed by atoms with Crippen LogP contribution in [0.3, 0.4) is 0 Å². The predicted octanol–water partition coefficient (Wildman–Crippen LogP) is 1.96. The van der Waals surface area contributed by atoms with Gasteiger partial charge in [-0.2, -0.15) is 5.10 Å². The van der Waals surface area contributed by atoms with E-state index in [-0.39, 0.29) is 5.91 Å². The first-order valence-corrected chi connectivity index (χ1v) is 10.4. The van der Waals surface area contributed by atoms with Gasteiger partial charge in [-0.25, -0.2) is 4.68 Å². The van der Waals surface area contributed by atoms with Gasteiger partial charge >= 0.3 is 0 Å². The van der Waals surface area contributed by atoms with Gasteiger partial charge in [0.25, 0.3) is 5.91 Å². The summed E-state index contributed by atoms with van der Waals surface area (Å²) in [7, 11) is 2.16. The molecule has 0 atom stereocenters. The number of nitrogens with one attached hydrogen (secondary N) is 1. The third-order valence-electron chi connectivity index (χ3n) is 6.04. The van der Waals surface area contributed by atoms with Crippen molar-refractivity contribution in [1.29, 1.82) is 0 Å². The zero-order valence-corrected chi connectivity index (χ0v) is 17.3. The quantitative estimate of drug-likeness (QED) is 0.860. The summed E-state index contributed by atoms with van der Waals surface area (Å²) in [5.74, 6) is -0.0317. The molecule has 0 unspecified atom stereocenters. The molecule has 0 radical (unpaired) electrons. The summed E-state index contributed by atoms with van der Waals surface area (Å²) in [5.41, 5.74) is 6.48. The maximum atomic E-state index is 12.9. The van der Waals surface area contributed by atoms with E-state index in [4.69, 9.17) is 5.10 Å². The van der Waals surface area contributed by atoms with Crippen LogP contribution in [0.1, 0.15) is 39.3 Å². The highest BCUT2D eigenvalue weighted by Gasteiger charge is 2.27. The van der Waals surface area contributed by atoms with Crippen LogP contribution in [0.5, 0.6) is 0 Å². The largest absolute Gasteiger partial charge is 0.349 e. The van der Waals surface area contributed by atoms with Gasteiger partial charge < -0.3 is 10.2 Å². The van der Waals surface area contributed by atoms with E-state index in [0.29, 0.717) is 12.2 Å². The molecule has 0 spiro atoms. The summed E-state index contributed by atoms with van der Waals surface area (Å²) in [4.78, 5) is 17.6. The molecule has 28 heavy (non-hydrogen) atoms. The number of hydrogen-bond donors (Lipinski definition) is 1. The molecule has 6 nitrogen and oxygen atoms in total. The van der Waals surface area contributed by atoms with Gasteiger partial charge in [-0.1, -0.05) is 17.7 Å². The van der Waals surface area contributed by atoms with E-state index < -0.39 is 0 Å². The molecule has 1 fully saturated rings. The summed E-state index contributed by atoms with van der Waals surface area (Å²) in [6.07, 6.45) is 3.03. The molecule has 1 aliphatic heterocycles. The number of aryl methyl sites for hydroxylation is 2. The van der Waals surface area contributed by atoms with Crippen LogP contribution in [0.15, 0.2) is 18.2 Å². The summed E-state index contributed by atoms with van der Waals surface area (Å²) >= 11 is 0.